The van der Waals surface area contributed by atoms with Crippen LogP contribution in [0, 0.1) is 46.3 Å². The summed E-state index contributed by atoms with van der Waals surface area (Å²) in [5, 5.41) is 0. The van der Waals surface area contributed by atoms with Crippen molar-refractivity contribution < 1.29 is 0 Å². The highest BCUT2D eigenvalue weighted by atomic mass is 14.1. The summed E-state index contributed by atoms with van der Waals surface area (Å²) >= 11 is 0. The summed E-state index contributed by atoms with van der Waals surface area (Å²) in [6.07, 6.45) is 17.5. The van der Waals surface area contributed by atoms with Gasteiger partial charge in [0.25, 0.3) is 0 Å². The van der Waals surface area contributed by atoms with Gasteiger partial charge < -0.3 is 0 Å². The van der Waals surface area contributed by atoms with Crippen molar-refractivity contribution in [3.05, 3.63) is 0 Å². The first-order chi connectivity index (χ1) is 21.3. The van der Waals surface area contributed by atoms with Crippen LogP contribution in [-0.4, -0.2) is 0 Å². The van der Waals surface area contributed by atoms with Crippen LogP contribution in [0.3, 0.4) is 0 Å². The minimum absolute atomic E-state index is 0.542. The summed E-state index contributed by atoms with van der Waals surface area (Å²) < 4.78 is 0. The quantitative estimate of drug-likeness (QED) is 0.191. The van der Waals surface area contributed by atoms with Gasteiger partial charge in [-0.3, -0.25) is 0 Å². The van der Waals surface area contributed by atoms with E-state index in [-0.39, 0.29) is 0 Å². The third kappa shape index (κ3) is 142. The first-order valence-corrected chi connectivity index (χ1v) is 21.3. The Labute approximate surface area is 309 Å². The Balaban J connectivity index is -0.0000000617. The minimum Gasteiger partial charge on any atom is -0.0654 e. The molecule has 0 saturated heterocycles. The molecular formula is C47H110. The highest BCUT2D eigenvalue weighted by Gasteiger charge is 2.04. The van der Waals surface area contributed by atoms with E-state index in [1.807, 2.05) is 0 Å². The van der Waals surface area contributed by atoms with Crippen LogP contribution in [0.2, 0.25) is 0 Å². The van der Waals surface area contributed by atoms with Crippen molar-refractivity contribution in [3.63, 3.8) is 0 Å². The third-order valence-corrected chi connectivity index (χ3v) is 8.35. The molecule has 0 atom stereocenters. The summed E-state index contributed by atoms with van der Waals surface area (Å²) in [6, 6.07) is 0. The molecule has 0 aliphatic rings. The number of hydrogen-bond donors (Lipinski definition) is 0. The molecule has 0 spiro atoms. The highest BCUT2D eigenvalue weighted by Crippen LogP contribution is 2.16. The molecule has 0 aromatic carbocycles. The van der Waals surface area contributed by atoms with E-state index in [0.717, 1.165) is 35.5 Å². The first-order valence-electron chi connectivity index (χ1n) is 21.3. The van der Waals surface area contributed by atoms with Gasteiger partial charge in [0, 0.05) is 0 Å². The monoisotopic (exact) mass is 675 g/mol. The van der Waals surface area contributed by atoms with Gasteiger partial charge in [-0.2, -0.15) is 0 Å². The third-order valence-electron chi connectivity index (χ3n) is 8.35. The SMILES string of the molecule is CC(C)C(C)C.CCC(C)(C)C.CCC(C)(C)C.CCC(C)C.CCC(C)CC.CCCC(C)C.CCCC(C)C.CCCCCC. The molecule has 0 nitrogen and oxygen atoms in total. The van der Waals surface area contributed by atoms with Gasteiger partial charge in [-0.1, -0.05) is 263 Å². The van der Waals surface area contributed by atoms with E-state index in [2.05, 4.69) is 180 Å². The average Bonchev–Trinajstić information content (AvgIpc) is 2.96. The molecule has 298 valence electrons. The lowest BCUT2D eigenvalue weighted by molar-refractivity contribution is 0.397. The van der Waals surface area contributed by atoms with Crippen molar-refractivity contribution in [1.29, 1.82) is 0 Å². The van der Waals surface area contributed by atoms with Gasteiger partial charge in [0.05, 0.1) is 0 Å². The second-order valence-corrected chi connectivity index (χ2v) is 18.1. The zero-order chi connectivity index (χ0) is 39.7. The summed E-state index contributed by atoms with van der Waals surface area (Å²) in [4.78, 5) is 0. The fourth-order valence-corrected chi connectivity index (χ4v) is 1.94. The maximum Gasteiger partial charge on any atom is -0.0385 e. The second kappa shape index (κ2) is 50.4. The van der Waals surface area contributed by atoms with Crippen molar-refractivity contribution in [3.8, 4) is 0 Å². The maximum atomic E-state index is 2.28. The van der Waals surface area contributed by atoms with Crippen molar-refractivity contribution in [1.82, 2.24) is 0 Å². The topological polar surface area (TPSA) is 0 Å². The number of rotatable bonds is 11. The standard InChI is InChI=1S/7C6H14.C5H12/c2*1-5-6(2,3)4;1-5(2)6(3)4;2*1-4-5-6(2)3;1-4-6(3)5-2;1-3-5-6-4-2;1-4-5(2)3/h2*5H2,1-4H3;5-6H,1-4H3;3*6H,4-5H2,1-3H3;3-6H2,1-2H3;5H,4H2,1-3H3. The zero-order valence-corrected chi connectivity index (χ0v) is 39.7. The molecule has 47 heavy (non-hydrogen) atoms. The summed E-state index contributed by atoms with van der Waals surface area (Å²) in [5.74, 6) is 5.32. The zero-order valence-electron chi connectivity index (χ0n) is 39.7. The van der Waals surface area contributed by atoms with E-state index in [1.165, 1.54) is 83.5 Å². The van der Waals surface area contributed by atoms with E-state index < -0.39 is 0 Å². The second-order valence-electron chi connectivity index (χ2n) is 18.1. The van der Waals surface area contributed by atoms with E-state index in [4.69, 9.17) is 0 Å². The average molecular weight is 675 g/mol. The van der Waals surface area contributed by atoms with Gasteiger partial charge in [-0.25, -0.2) is 0 Å². The molecule has 0 aromatic heterocycles. The molecule has 0 rings (SSSR count). The van der Waals surface area contributed by atoms with Crippen LogP contribution in [0.1, 0.15) is 263 Å². The van der Waals surface area contributed by atoms with Crippen molar-refractivity contribution in [2.45, 2.75) is 263 Å². The first kappa shape index (κ1) is 65.4. The van der Waals surface area contributed by atoms with Crippen LogP contribution < -0.4 is 0 Å². The maximum absolute atomic E-state index is 2.28. The van der Waals surface area contributed by atoms with Gasteiger partial charge in [0.15, 0.2) is 0 Å². The molecule has 0 amide bonds. The van der Waals surface area contributed by atoms with Crippen LogP contribution in [0.15, 0.2) is 0 Å². The van der Waals surface area contributed by atoms with Crippen molar-refractivity contribution in [2.24, 2.45) is 46.3 Å². The fraction of sp³-hybridized carbons (Fsp3) is 1.00. The van der Waals surface area contributed by atoms with Crippen LogP contribution in [0.5, 0.6) is 0 Å². The molecule has 0 aliphatic heterocycles. The van der Waals surface area contributed by atoms with Gasteiger partial charge in [-0.05, 0) is 46.3 Å². The number of hydrogen-bond acceptors (Lipinski definition) is 0. The summed E-state index contributed by atoms with van der Waals surface area (Å²) in [5.41, 5.74) is 1.08. The lowest BCUT2D eigenvalue weighted by Gasteiger charge is -2.12. The lowest BCUT2D eigenvalue weighted by atomic mass is 9.94. The normalized spacial score (nSPS) is 10.5. The van der Waals surface area contributed by atoms with E-state index in [9.17, 15) is 0 Å². The molecule has 0 unspecified atom stereocenters. The predicted molar refractivity (Wildman–Crippen MR) is 233 cm³/mol. The minimum atomic E-state index is 0.542. The molecule has 0 saturated carbocycles. The van der Waals surface area contributed by atoms with Crippen LogP contribution >= 0.6 is 0 Å². The van der Waals surface area contributed by atoms with Crippen molar-refractivity contribution >= 4 is 0 Å². The molecule has 0 aromatic rings. The lowest BCUT2D eigenvalue weighted by Crippen LogP contribution is -2.00. The van der Waals surface area contributed by atoms with E-state index >= 15 is 0 Å². The smallest absolute Gasteiger partial charge is 0.0385 e. The van der Waals surface area contributed by atoms with E-state index in [0.29, 0.717) is 10.8 Å². The molecular weight excluding hydrogens is 565 g/mol. The Hall–Kier alpha value is 0. The fourth-order valence-electron chi connectivity index (χ4n) is 1.94. The Morgan fingerprint density at radius 1 is 0.340 bits per heavy atom. The Morgan fingerprint density at radius 3 is 0.574 bits per heavy atom. The molecule has 0 bridgehead atoms. The van der Waals surface area contributed by atoms with Crippen molar-refractivity contribution in [2.75, 3.05) is 0 Å². The van der Waals surface area contributed by atoms with Gasteiger partial charge in [-0.15, -0.1) is 0 Å². The number of unbranched alkanes of at least 4 members (excludes halogenated alkanes) is 3. The van der Waals surface area contributed by atoms with Crippen LogP contribution in [-0.2, 0) is 0 Å². The van der Waals surface area contributed by atoms with Crippen LogP contribution in [0.4, 0.5) is 0 Å². The molecule has 0 aliphatic carbocycles. The highest BCUT2D eigenvalue weighted by molar-refractivity contribution is 4.56. The largest absolute Gasteiger partial charge is 0.0654 e. The predicted octanol–water partition coefficient (Wildman–Crippen LogP) is 19.1. The molecule has 0 N–H and O–H groups in total. The molecule has 0 radical (unpaired) electrons. The summed E-state index contributed by atoms with van der Waals surface area (Å²) in [6.45, 7) is 58.1. The Kier molecular flexibility index (Phi) is 70.1. The van der Waals surface area contributed by atoms with E-state index in [1.54, 1.807) is 0 Å². The summed E-state index contributed by atoms with van der Waals surface area (Å²) in [7, 11) is 0. The molecule has 0 heteroatoms. The van der Waals surface area contributed by atoms with Gasteiger partial charge in [0.1, 0.15) is 0 Å². The molecule has 0 heterocycles. The van der Waals surface area contributed by atoms with Crippen LogP contribution in [0.25, 0.3) is 0 Å². The Morgan fingerprint density at radius 2 is 0.553 bits per heavy atom. The van der Waals surface area contributed by atoms with Gasteiger partial charge >= 0.3 is 0 Å². The Bertz CT molecular complexity index is 400. The van der Waals surface area contributed by atoms with Gasteiger partial charge in [0.2, 0.25) is 0 Å². The molecule has 0 fully saturated rings.